The summed E-state index contributed by atoms with van der Waals surface area (Å²) in [5.74, 6) is 6.94. The van der Waals surface area contributed by atoms with E-state index < -0.39 is 11.6 Å². The third-order valence-electron chi connectivity index (χ3n) is 6.47. The molecule has 2 N–H and O–H groups in total. The SMILES string of the molecule is CC.CC(C)(C)O.Cc1cc2nc(C#CC3CC3)ccc2c(-c2ccc3c4c(ccnc24)CCO3)c1CC(=O)O. The lowest BCUT2D eigenvalue weighted by molar-refractivity contribution is -0.136. The van der Waals surface area contributed by atoms with Gasteiger partial charge in [-0.2, -0.15) is 0 Å². The molecule has 0 bridgehead atoms. The molecule has 3 heterocycles. The lowest BCUT2D eigenvalue weighted by Gasteiger charge is -2.21. The number of ether oxygens (including phenoxy) is 1. The summed E-state index contributed by atoms with van der Waals surface area (Å²) in [7, 11) is 0. The highest BCUT2D eigenvalue weighted by Crippen LogP contribution is 2.42. The minimum atomic E-state index is -0.863. The van der Waals surface area contributed by atoms with Crippen LogP contribution >= 0.6 is 0 Å². The van der Waals surface area contributed by atoms with Crippen molar-refractivity contribution in [3.63, 3.8) is 0 Å². The summed E-state index contributed by atoms with van der Waals surface area (Å²) in [6.45, 7) is 11.8. The third-order valence-corrected chi connectivity index (χ3v) is 6.47. The first kappa shape index (κ1) is 29.0. The Kier molecular flexibility index (Phi) is 8.76. The summed E-state index contributed by atoms with van der Waals surface area (Å²) in [6.07, 6.45) is 4.93. The van der Waals surface area contributed by atoms with Crippen LogP contribution in [0, 0.1) is 24.7 Å². The number of nitrogens with zero attached hydrogens (tertiary/aromatic N) is 2. The van der Waals surface area contributed by atoms with Crippen LogP contribution < -0.4 is 4.74 Å². The summed E-state index contributed by atoms with van der Waals surface area (Å²) in [5.41, 5.74) is 6.57. The average molecular weight is 539 g/mol. The van der Waals surface area contributed by atoms with Gasteiger partial charge >= 0.3 is 5.97 Å². The predicted octanol–water partition coefficient (Wildman–Crippen LogP) is 6.89. The summed E-state index contributed by atoms with van der Waals surface area (Å²) in [4.78, 5) is 21.3. The predicted molar refractivity (Wildman–Crippen MR) is 161 cm³/mol. The highest BCUT2D eigenvalue weighted by atomic mass is 16.5. The van der Waals surface area contributed by atoms with Gasteiger partial charge in [-0.3, -0.25) is 9.78 Å². The molecule has 0 amide bonds. The van der Waals surface area contributed by atoms with Gasteiger partial charge in [0, 0.05) is 34.9 Å². The molecule has 4 aromatic rings. The van der Waals surface area contributed by atoms with Crippen LogP contribution in [0.4, 0.5) is 0 Å². The van der Waals surface area contributed by atoms with Gasteiger partial charge in [-0.1, -0.05) is 19.8 Å². The molecule has 1 aliphatic heterocycles. The standard InChI is InChI=1S/C28H22N2O3.C4H10O.C2H6/c1-16-14-23-20(7-6-19(30-23)5-4-17-2-3-17)27(22(16)15-25(31)32)21-8-9-24-26-18(11-13-33-24)10-12-29-28(21)26;1-4(2,3)5;1-2/h6-10,12,14,17H,2-3,11,13,15H2,1H3,(H,31,32);5H,1-3H3;1-2H3. The van der Waals surface area contributed by atoms with Crippen molar-refractivity contribution >= 4 is 27.8 Å². The number of aliphatic hydroxyl groups is 1. The smallest absolute Gasteiger partial charge is 0.307 e. The first-order valence-electron chi connectivity index (χ1n) is 14.0. The zero-order valence-electron chi connectivity index (χ0n) is 24.3. The van der Waals surface area contributed by atoms with E-state index >= 15 is 0 Å². The maximum absolute atomic E-state index is 11.8. The lowest BCUT2D eigenvalue weighted by atomic mass is 9.88. The Morgan fingerprint density at radius 2 is 1.85 bits per heavy atom. The van der Waals surface area contributed by atoms with Gasteiger partial charge in [0.2, 0.25) is 0 Å². The number of fused-ring (bicyclic) bond motifs is 1. The molecule has 0 unspecified atom stereocenters. The van der Waals surface area contributed by atoms with Crippen molar-refractivity contribution in [3.05, 3.63) is 65.0 Å². The summed E-state index contributed by atoms with van der Waals surface area (Å²) in [6, 6.07) is 11.9. The van der Waals surface area contributed by atoms with Crippen molar-refractivity contribution < 1.29 is 19.7 Å². The van der Waals surface area contributed by atoms with E-state index in [-0.39, 0.29) is 6.42 Å². The van der Waals surface area contributed by atoms with Crippen LogP contribution in [0.1, 0.15) is 69.8 Å². The van der Waals surface area contributed by atoms with Crippen LogP contribution in [0.3, 0.4) is 0 Å². The molecular weight excluding hydrogens is 500 g/mol. The highest BCUT2D eigenvalue weighted by molar-refractivity contribution is 6.07. The maximum Gasteiger partial charge on any atom is 0.307 e. The molecule has 6 heteroatoms. The van der Waals surface area contributed by atoms with E-state index in [1.54, 1.807) is 20.8 Å². The highest BCUT2D eigenvalue weighted by Gasteiger charge is 2.23. The lowest BCUT2D eigenvalue weighted by Crippen LogP contribution is -2.10. The van der Waals surface area contributed by atoms with Crippen LogP contribution in [-0.2, 0) is 17.6 Å². The number of benzene rings is 2. The van der Waals surface area contributed by atoms with E-state index in [2.05, 4.69) is 11.8 Å². The largest absolute Gasteiger partial charge is 0.493 e. The maximum atomic E-state index is 11.8. The number of carboxylic acids is 1. The van der Waals surface area contributed by atoms with E-state index in [0.717, 1.165) is 61.9 Å². The Hall–Kier alpha value is -3.95. The summed E-state index contributed by atoms with van der Waals surface area (Å²) < 4.78 is 5.90. The van der Waals surface area contributed by atoms with Crippen LogP contribution in [0.25, 0.3) is 32.9 Å². The molecule has 1 aliphatic carbocycles. The fourth-order valence-corrected chi connectivity index (χ4v) is 4.71. The van der Waals surface area contributed by atoms with Crippen molar-refractivity contribution in [3.8, 4) is 28.7 Å². The quantitative estimate of drug-likeness (QED) is 0.276. The topological polar surface area (TPSA) is 92.5 Å². The summed E-state index contributed by atoms with van der Waals surface area (Å²) >= 11 is 0. The normalized spacial score (nSPS) is 13.7. The number of aliphatic carboxylic acids is 1. The molecule has 0 radical (unpaired) electrons. The molecule has 6 rings (SSSR count). The molecule has 2 aliphatic rings. The van der Waals surface area contributed by atoms with Gasteiger partial charge in [0.25, 0.3) is 0 Å². The van der Waals surface area contributed by atoms with Crippen molar-refractivity contribution in [2.45, 2.75) is 72.8 Å². The minimum Gasteiger partial charge on any atom is -0.493 e. The number of aromatic nitrogens is 2. The third kappa shape index (κ3) is 6.78. The van der Waals surface area contributed by atoms with E-state index in [9.17, 15) is 9.90 Å². The van der Waals surface area contributed by atoms with E-state index in [1.165, 1.54) is 18.4 Å². The molecule has 1 fully saturated rings. The Labute approximate surface area is 236 Å². The monoisotopic (exact) mass is 538 g/mol. The second-order valence-corrected chi connectivity index (χ2v) is 11.0. The molecule has 1 saturated carbocycles. The van der Waals surface area contributed by atoms with Crippen molar-refractivity contribution in [1.29, 1.82) is 0 Å². The van der Waals surface area contributed by atoms with Crippen LogP contribution in [0.5, 0.6) is 5.75 Å². The number of pyridine rings is 2. The fourth-order valence-electron chi connectivity index (χ4n) is 4.71. The van der Waals surface area contributed by atoms with Crippen LogP contribution in [0.15, 0.2) is 42.6 Å². The van der Waals surface area contributed by atoms with E-state index in [0.29, 0.717) is 12.5 Å². The first-order chi connectivity index (χ1) is 19.1. The number of aryl methyl sites for hydroxylation is 1. The van der Waals surface area contributed by atoms with Gasteiger partial charge in [-0.25, -0.2) is 4.98 Å². The van der Waals surface area contributed by atoms with Gasteiger partial charge < -0.3 is 14.9 Å². The number of rotatable bonds is 3. The van der Waals surface area contributed by atoms with Gasteiger partial charge in [0.1, 0.15) is 11.4 Å². The van der Waals surface area contributed by atoms with Crippen molar-refractivity contribution in [2.24, 2.45) is 5.92 Å². The fraction of sp³-hybridized carbons (Fsp3) is 0.382. The molecule has 0 saturated heterocycles. The molecule has 40 heavy (non-hydrogen) atoms. The molecule has 2 aromatic carbocycles. The molecule has 208 valence electrons. The van der Waals surface area contributed by atoms with Crippen molar-refractivity contribution in [1.82, 2.24) is 9.97 Å². The molecular formula is C34H38N2O4. The average Bonchev–Trinajstić information content (AvgIpc) is 3.74. The Balaban J connectivity index is 0.000000479. The Morgan fingerprint density at radius 1 is 1.12 bits per heavy atom. The minimum absolute atomic E-state index is 0.0697. The van der Waals surface area contributed by atoms with E-state index in [1.807, 2.05) is 63.4 Å². The summed E-state index contributed by atoms with van der Waals surface area (Å²) in [5, 5.41) is 20.1. The molecule has 2 aromatic heterocycles. The van der Waals surface area contributed by atoms with Crippen molar-refractivity contribution in [2.75, 3.05) is 6.61 Å². The zero-order valence-corrected chi connectivity index (χ0v) is 24.3. The molecule has 0 atom stereocenters. The van der Waals surface area contributed by atoms with Gasteiger partial charge in [0.05, 0.1) is 29.7 Å². The number of carboxylic acid groups (broad SMARTS) is 1. The second-order valence-electron chi connectivity index (χ2n) is 11.0. The van der Waals surface area contributed by atoms with Gasteiger partial charge in [-0.15, -0.1) is 0 Å². The number of hydrogen-bond donors (Lipinski definition) is 2. The number of carbonyl (C=O) groups is 1. The van der Waals surface area contributed by atoms with Gasteiger partial charge in [-0.05, 0) is 105 Å². The zero-order chi connectivity index (χ0) is 29.0. The van der Waals surface area contributed by atoms with Crippen LogP contribution in [-0.4, -0.2) is 38.4 Å². The molecule has 0 spiro atoms. The second kappa shape index (κ2) is 12.1. The van der Waals surface area contributed by atoms with Crippen LogP contribution in [0.2, 0.25) is 0 Å². The Morgan fingerprint density at radius 3 is 2.52 bits per heavy atom. The molecule has 6 nitrogen and oxygen atoms in total. The Bertz CT molecular complexity index is 1600. The first-order valence-corrected chi connectivity index (χ1v) is 14.0. The number of hydrogen-bond acceptors (Lipinski definition) is 5. The van der Waals surface area contributed by atoms with E-state index in [4.69, 9.17) is 19.8 Å². The van der Waals surface area contributed by atoms with Gasteiger partial charge in [0.15, 0.2) is 0 Å².